The number of carboxylic acid groups (broad SMARTS) is 1. The lowest BCUT2D eigenvalue weighted by atomic mass is 10.1. The Morgan fingerprint density at radius 1 is 1.21 bits per heavy atom. The zero-order valence-corrected chi connectivity index (χ0v) is 12.1. The fourth-order valence-corrected chi connectivity index (χ4v) is 3.12. The fraction of sp³-hybridized carbons (Fsp3) is 0.500. The van der Waals surface area contributed by atoms with Crippen LogP contribution >= 0.6 is 0 Å². The van der Waals surface area contributed by atoms with Gasteiger partial charge in [-0.05, 0) is 36.5 Å². The molecule has 19 heavy (non-hydrogen) atoms. The molecular weight excluding hydrogens is 264 g/mol. The topological polar surface area (TPSA) is 71.4 Å². The first kappa shape index (κ1) is 15.7. The van der Waals surface area contributed by atoms with E-state index in [1.54, 1.807) is 12.1 Å². The molecule has 0 fully saturated rings. The average molecular weight is 284 g/mol. The van der Waals surface area contributed by atoms with E-state index in [0.717, 1.165) is 6.42 Å². The maximum absolute atomic E-state index is 12.0. The summed E-state index contributed by atoms with van der Waals surface area (Å²) in [4.78, 5) is 10.8. The molecule has 0 heterocycles. The van der Waals surface area contributed by atoms with E-state index in [1.165, 1.54) is 12.1 Å². The van der Waals surface area contributed by atoms with Gasteiger partial charge in [0.2, 0.25) is 0 Å². The fourth-order valence-electron chi connectivity index (χ4n) is 1.79. The van der Waals surface area contributed by atoms with E-state index in [1.807, 2.05) is 0 Å². The largest absolute Gasteiger partial charge is 0.481 e. The van der Waals surface area contributed by atoms with Gasteiger partial charge in [-0.15, -0.1) is 0 Å². The standard InChI is InChI=1S/C14H20O4S/c1-11(2)4-3-9-19(17,18)13-7-5-12(6-8-13)10-14(15)16/h5-8,11H,3-4,9-10H2,1-2H3,(H,15,16). The van der Waals surface area contributed by atoms with Gasteiger partial charge in [0.15, 0.2) is 9.84 Å². The summed E-state index contributed by atoms with van der Waals surface area (Å²) in [6.45, 7) is 4.13. The zero-order chi connectivity index (χ0) is 14.5. The second-order valence-corrected chi connectivity index (χ2v) is 7.18. The SMILES string of the molecule is CC(C)CCCS(=O)(=O)c1ccc(CC(=O)O)cc1. The summed E-state index contributed by atoms with van der Waals surface area (Å²) < 4.78 is 24.1. The maximum Gasteiger partial charge on any atom is 0.307 e. The first-order chi connectivity index (χ1) is 8.81. The van der Waals surface area contributed by atoms with Crippen LogP contribution in [0.1, 0.15) is 32.3 Å². The molecule has 0 aliphatic rings. The van der Waals surface area contributed by atoms with Gasteiger partial charge in [-0.1, -0.05) is 26.0 Å². The van der Waals surface area contributed by atoms with Crippen LogP contribution in [0.3, 0.4) is 0 Å². The van der Waals surface area contributed by atoms with Crippen molar-refractivity contribution in [3.8, 4) is 0 Å². The number of carbonyl (C=O) groups is 1. The van der Waals surface area contributed by atoms with Gasteiger partial charge >= 0.3 is 5.97 Å². The molecule has 1 aromatic carbocycles. The van der Waals surface area contributed by atoms with Gasteiger partial charge in [0.05, 0.1) is 17.1 Å². The van der Waals surface area contributed by atoms with Crippen LogP contribution in [0.4, 0.5) is 0 Å². The van der Waals surface area contributed by atoms with Crippen LogP contribution in [0.25, 0.3) is 0 Å². The number of sulfone groups is 1. The van der Waals surface area contributed by atoms with E-state index in [2.05, 4.69) is 13.8 Å². The molecule has 5 heteroatoms. The van der Waals surface area contributed by atoms with E-state index in [9.17, 15) is 13.2 Å². The molecule has 0 bridgehead atoms. The van der Waals surface area contributed by atoms with Gasteiger partial charge in [0.1, 0.15) is 0 Å². The molecule has 0 spiro atoms. The maximum atomic E-state index is 12.0. The van der Waals surface area contributed by atoms with E-state index in [-0.39, 0.29) is 17.1 Å². The van der Waals surface area contributed by atoms with Crippen molar-refractivity contribution >= 4 is 15.8 Å². The number of hydrogen-bond acceptors (Lipinski definition) is 3. The molecule has 4 nitrogen and oxygen atoms in total. The van der Waals surface area contributed by atoms with Gasteiger partial charge in [0.25, 0.3) is 0 Å². The normalized spacial score (nSPS) is 11.7. The number of carboxylic acids is 1. The van der Waals surface area contributed by atoms with Crippen molar-refractivity contribution in [3.05, 3.63) is 29.8 Å². The molecule has 0 saturated carbocycles. The molecule has 1 rings (SSSR count). The molecule has 106 valence electrons. The molecule has 1 N–H and O–H groups in total. The monoisotopic (exact) mass is 284 g/mol. The van der Waals surface area contributed by atoms with Gasteiger partial charge in [-0.2, -0.15) is 0 Å². The Kier molecular flexibility index (Phi) is 5.54. The summed E-state index contributed by atoms with van der Waals surface area (Å²) in [6, 6.07) is 6.10. The predicted octanol–water partition coefficient (Wildman–Crippen LogP) is 2.52. The summed E-state index contributed by atoms with van der Waals surface area (Å²) in [5, 5.41) is 8.65. The molecule has 0 atom stereocenters. The molecular formula is C14H20O4S. The number of hydrogen-bond donors (Lipinski definition) is 1. The Balaban J connectivity index is 2.70. The van der Waals surface area contributed by atoms with Crippen LogP contribution in [0.2, 0.25) is 0 Å². The van der Waals surface area contributed by atoms with Crippen LogP contribution in [0.15, 0.2) is 29.2 Å². The van der Waals surface area contributed by atoms with Crippen LogP contribution in [-0.4, -0.2) is 25.2 Å². The number of aliphatic carboxylic acids is 1. The summed E-state index contributed by atoms with van der Waals surface area (Å²) in [5.74, 6) is -0.288. The minimum absolute atomic E-state index is 0.0896. The minimum Gasteiger partial charge on any atom is -0.481 e. The Morgan fingerprint density at radius 3 is 2.26 bits per heavy atom. The molecule has 0 aliphatic carbocycles. The van der Waals surface area contributed by atoms with E-state index >= 15 is 0 Å². The highest BCUT2D eigenvalue weighted by Crippen LogP contribution is 2.15. The van der Waals surface area contributed by atoms with Crippen molar-refractivity contribution in [2.75, 3.05) is 5.75 Å². The van der Waals surface area contributed by atoms with Crippen LogP contribution < -0.4 is 0 Å². The lowest BCUT2D eigenvalue weighted by Crippen LogP contribution is -2.08. The molecule has 0 aliphatic heterocycles. The first-order valence-corrected chi connectivity index (χ1v) is 8.00. The summed E-state index contributed by atoms with van der Waals surface area (Å²) in [5.41, 5.74) is 0.605. The first-order valence-electron chi connectivity index (χ1n) is 6.35. The van der Waals surface area contributed by atoms with E-state index in [4.69, 9.17) is 5.11 Å². The molecule has 1 aromatic rings. The Labute approximate surface area is 114 Å². The van der Waals surface area contributed by atoms with Crippen LogP contribution in [0.5, 0.6) is 0 Å². The third kappa shape index (κ3) is 5.42. The Bertz CT molecular complexity index is 515. The van der Waals surface area contributed by atoms with Gasteiger partial charge in [0, 0.05) is 0 Å². The van der Waals surface area contributed by atoms with Crippen LogP contribution in [-0.2, 0) is 21.1 Å². The van der Waals surface area contributed by atoms with Crippen molar-refractivity contribution < 1.29 is 18.3 Å². The van der Waals surface area contributed by atoms with Gasteiger partial charge in [-0.25, -0.2) is 8.42 Å². The molecule has 0 amide bonds. The summed E-state index contributed by atoms with van der Waals surface area (Å²) >= 11 is 0. The van der Waals surface area contributed by atoms with Gasteiger partial charge < -0.3 is 5.11 Å². The Hall–Kier alpha value is -1.36. The summed E-state index contributed by atoms with van der Waals surface area (Å²) in [6.07, 6.45) is 1.45. The molecule has 0 radical (unpaired) electrons. The zero-order valence-electron chi connectivity index (χ0n) is 11.3. The summed E-state index contributed by atoms with van der Waals surface area (Å²) in [7, 11) is -3.25. The predicted molar refractivity (Wildman–Crippen MR) is 73.9 cm³/mol. The van der Waals surface area contributed by atoms with E-state index < -0.39 is 15.8 Å². The highest BCUT2D eigenvalue weighted by molar-refractivity contribution is 7.91. The number of benzene rings is 1. The van der Waals surface area contributed by atoms with Gasteiger partial charge in [-0.3, -0.25) is 4.79 Å². The van der Waals surface area contributed by atoms with Crippen molar-refractivity contribution in [1.29, 1.82) is 0 Å². The average Bonchev–Trinajstić information content (AvgIpc) is 2.28. The molecule has 0 saturated heterocycles. The Morgan fingerprint density at radius 2 is 1.79 bits per heavy atom. The third-order valence-corrected chi connectivity index (χ3v) is 4.65. The van der Waals surface area contributed by atoms with Crippen molar-refractivity contribution in [2.24, 2.45) is 5.92 Å². The molecule has 0 aromatic heterocycles. The van der Waals surface area contributed by atoms with Crippen molar-refractivity contribution in [2.45, 2.75) is 38.0 Å². The molecule has 0 unspecified atom stereocenters. The quantitative estimate of drug-likeness (QED) is 0.835. The highest BCUT2D eigenvalue weighted by Gasteiger charge is 2.14. The van der Waals surface area contributed by atoms with Crippen LogP contribution in [0, 0.1) is 5.92 Å². The second kappa shape index (κ2) is 6.70. The van der Waals surface area contributed by atoms with Crippen molar-refractivity contribution in [1.82, 2.24) is 0 Å². The lowest BCUT2D eigenvalue weighted by Gasteiger charge is -2.07. The third-order valence-electron chi connectivity index (χ3n) is 2.83. The van der Waals surface area contributed by atoms with E-state index in [0.29, 0.717) is 17.9 Å². The highest BCUT2D eigenvalue weighted by atomic mass is 32.2. The lowest BCUT2D eigenvalue weighted by molar-refractivity contribution is -0.136. The minimum atomic E-state index is -3.25. The smallest absolute Gasteiger partial charge is 0.307 e. The number of rotatable bonds is 7. The second-order valence-electron chi connectivity index (χ2n) is 5.07. The van der Waals surface area contributed by atoms with Crippen molar-refractivity contribution in [3.63, 3.8) is 0 Å².